The molecule has 3 heterocycles. The van der Waals surface area contributed by atoms with Crippen molar-refractivity contribution >= 4 is 5.78 Å². The highest BCUT2D eigenvalue weighted by atomic mass is 16.5. The summed E-state index contributed by atoms with van der Waals surface area (Å²) >= 11 is 0. The molecular formula is C24H27N3O3. The second kappa shape index (κ2) is 9.13. The number of likely N-dealkylation sites (tertiary alicyclic amines) is 1. The van der Waals surface area contributed by atoms with Crippen molar-refractivity contribution in [2.24, 2.45) is 5.92 Å². The first-order valence-electron chi connectivity index (χ1n) is 10.2. The minimum absolute atomic E-state index is 0.0151. The van der Waals surface area contributed by atoms with Crippen molar-refractivity contribution in [1.82, 2.24) is 14.5 Å². The quantitative estimate of drug-likeness (QED) is 0.557. The molecule has 0 N–H and O–H groups in total. The van der Waals surface area contributed by atoms with E-state index in [1.54, 1.807) is 32.5 Å². The molecular weight excluding hydrogens is 378 g/mol. The summed E-state index contributed by atoms with van der Waals surface area (Å²) in [5.74, 6) is 1.38. The molecule has 1 aliphatic rings. The molecule has 0 spiro atoms. The van der Waals surface area contributed by atoms with Gasteiger partial charge in [-0.25, -0.2) is 0 Å². The first kappa shape index (κ1) is 20.2. The van der Waals surface area contributed by atoms with Crippen LogP contribution in [-0.2, 0) is 6.54 Å². The Hall–Kier alpha value is -3.12. The van der Waals surface area contributed by atoms with Crippen LogP contribution in [0.15, 0.2) is 61.1 Å². The Morgan fingerprint density at radius 1 is 1.13 bits per heavy atom. The van der Waals surface area contributed by atoms with Crippen LogP contribution >= 0.6 is 0 Å². The number of nitrogens with zero attached hydrogens (tertiary/aromatic N) is 3. The normalized spacial score (nSPS) is 16.9. The van der Waals surface area contributed by atoms with E-state index in [-0.39, 0.29) is 11.7 Å². The topological polar surface area (TPSA) is 56.6 Å². The Labute approximate surface area is 177 Å². The first-order chi connectivity index (χ1) is 14.7. The Morgan fingerprint density at radius 3 is 2.77 bits per heavy atom. The summed E-state index contributed by atoms with van der Waals surface area (Å²) in [6.45, 7) is 2.55. The molecule has 1 fully saturated rings. The van der Waals surface area contributed by atoms with Crippen LogP contribution in [0, 0.1) is 5.92 Å². The van der Waals surface area contributed by atoms with Crippen molar-refractivity contribution in [2.75, 3.05) is 27.3 Å². The van der Waals surface area contributed by atoms with Crippen LogP contribution in [0.3, 0.4) is 0 Å². The number of hydrogen-bond acceptors (Lipinski definition) is 5. The molecule has 1 aliphatic heterocycles. The molecule has 0 radical (unpaired) electrons. The van der Waals surface area contributed by atoms with Crippen LogP contribution in [0.4, 0.5) is 0 Å². The monoisotopic (exact) mass is 405 g/mol. The number of Topliss-reactive ketones (excluding diaryl/α,β-unsaturated/α-hetero) is 1. The van der Waals surface area contributed by atoms with Crippen molar-refractivity contribution < 1.29 is 14.3 Å². The molecule has 6 heteroatoms. The fourth-order valence-corrected chi connectivity index (χ4v) is 4.16. The number of carbonyl (C=O) groups excluding carboxylic acids is 1. The Balaban J connectivity index is 1.47. The lowest BCUT2D eigenvalue weighted by atomic mass is 9.89. The van der Waals surface area contributed by atoms with E-state index < -0.39 is 0 Å². The lowest BCUT2D eigenvalue weighted by Gasteiger charge is -2.32. The van der Waals surface area contributed by atoms with Crippen LogP contribution in [0.5, 0.6) is 11.5 Å². The maximum Gasteiger partial charge on any atom is 0.167 e. The summed E-state index contributed by atoms with van der Waals surface area (Å²) in [5, 5.41) is 0. The smallest absolute Gasteiger partial charge is 0.167 e. The van der Waals surface area contributed by atoms with Gasteiger partial charge in [0.05, 0.1) is 26.1 Å². The third-order valence-electron chi connectivity index (χ3n) is 5.69. The maximum absolute atomic E-state index is 13.2. The zero-order chi connectivity index (χ0) is 20.9. The zero-order valence-corrected chi connectivity index (χ0v) is 17.5. The average molecular weight is 405 g/mol. The second-order valence-corrected chi connectivity index (χ2v) is 7.59. The van der Waals surface area contributed by atoms with E-state index in [0.29, 0.717) is 17.1 Å². The van der Waals surface area contributed by atoms with Crippen molar-refractivity contribution in [3.05, 3.63) is 72.3 Å². The molecule has 4 rings (SSSR count). The third kappa shape index (κ3) is 4.24. The highest BCUT2D eigenvalue weighted by molar-refractivity contribution is 5.98. The predicted octanol–water partition coefficient (Wildman–Crippen LogP) is 3.98. The molecule has 3 aromatic rings. The number of carbonyl (C=O) groups is 1. The SMILES string of the molecule is COc1ccc(C(=O)[C@@H]2CCCN(Cc3cccn3-c3cccnc3)C2)cc1OC. The van der Waals surface area contributed by atoms with Crippen LogP contribution in [0.25, 0.3) is 5.69 Å². The van der Waals surface area contributed by atoms with Gasteiger partial charge >= 0.3 is 0 Å². The van der Waals surface area contributed by atoms with Gasteiger partial charge in [0.25, 0.3) is 0 Å². The number of ketones is 1. The number of ether oxygens (including phenoxy) is 2. The maximum atomic E-state index is 13.2. The molecule has 30 heavy (non-hydrogen) atoms. The molecule has 1 saturated heterocycles. The summed E-state index contributed by atoms with van der Waals surface area (Å²) in [4.78, 5) is 19.8. The van der Waals surface area contributed by atoms with E-state index in [2.05, 4.69) is 38.8 Å². The standard InChI is InChI=1S/C24H27N3O3/c1-29-22-10-9-18(14-23(22)30-2)24(28)19-6-4-12-26(16-19)17-21-8-5-13-27(21)20-7-3-11-25-15-20/h3,5,7-11,13-15,19H,4,6,12,16-17H2,1-2H3/t19-/m1/s1. The third-order valence-corrected chi connectivity index (χ3v) is 5.69. The molecule has 156 valence electrons. The van der Waals surface area contributed by atoms with E-state index >= 15 is 0 Å². The fourth-order valence-electron chi connectivity index (χ4n) is 4.16. The molecule has 6 nitrogen and oxygen atoms in total. The van der Waals surface area contributed by atoms with Crippen molar-refractivity contribution in [3.63, 3.8) is 0 Å². The highest BCUT2D eigenvalue weighted by Crippen LogP contribution is 2.30. The average Bonchev–Trinajstić information content (AvgIpc) is 3.27. The van der Waals surface area contributed by atoms with Crippen molar-refractivity contribution in [1.29, 1.82) is 0 Å². The second-order valence-electron chi connectivity index (χ2n) is 7.59. The minimum Gasteiger partial charge on any atom is -0.493 e. The van der Waals surface area contributed by atoms with E-state index in [1.165, 1.54) is 5.69 Å². The van der Waals surface area contributed by atoms with Crippen LogP contribution in [0.1, 0.15) is 28.9 Å². The summed E-state index contributed by atoms with van der Waals surface area (Å²) in [6.07, 6.45) is 7.62. The van der Waals surface area contributed by atoms with Crippen molar-refractivity contribution in [2.45, 2.75) is 19.4 Å². The molecule has 0 amide bonds. The Morgan fingerprint density at radius 2 is 2.00 bits per heavy atom. The van der Waals surface area contributed by atoms with E-state index in [4.69, 9.17) is 9.47 Å². The molecule has 1 atom stereocenters. The predicted molar refractivity (Wildman–Crippen MR) is 115 cm³/mol. The summed E-state index contributed by atoms with van der Waals surface area (Å²) < 4.78 is 12.8. The van der Waals surface area contributed by atoms with Crippen LogP contribution in [-0.4, -0.2) is 47.5 Å². The highest BCUT2D eigenvalue weighted by Gasteiger charge is 2.27. The lowest BCUT2D eigenvalue weighted by molar-refractivity contribution is 0.0809. The van der Waals surface area contributed by atoms with Gasteiger partial charge in [-0.2, -0.15) is 0 Å². The molecule has 2 aromatic heterocycles. The minimum atomic E-state index is -0.0151. The summed E-state index contributed by atoms with van der Waals surface area (Å²) in [5.41, 5.74) is 2.92. The van der Waals surface area contributed by atoms with Gasteiger partial charge in [0.1, 0.15) is 0 Å². The molecule has 0 bridgehead atoms. The van der Waals surface area contributed by atoms with E-state index in [0.717, 1.165) is 38.2 Å². The van der Waals surface area contributed by atoms with Gasteiger partial charge < -0.3 is 14.0 Å². The summed E-state index contributed by atoms with van der Waals surface area (Å²) in [7, 11) is 3.19. The lowest BCUT2D eigenvalue weighted by Crippen LogP contribution is -2.38. The van der Waals surface area contributed by atoms with Gasteiger partial charge in [-0.3, -0.25) is 14.7 Å². The van der Waals surface area contributed by atoms with E-state index in [1.807, 2.05) is 18.3 Å². The van der Waals surface area contributed by atoms with Gasteiger partial charge in [0.2, 0.25) is 0 Å². The molecule has 0 aliphatic carbocycles. The Bertz CT molecular complexity index is 1000. The summed E-state index contributed by atoms with van der Waals surface area (Å²) in [6, 6.07) is 13.6. The van der Waals surface area contributed by atoms with E-state index in [9.17, 15) is 4.79 Å². The van der Waals surface area contributed by atoms with Gasteiger partial charge in [0.15, 0.2) is 17.3 Å². The number of methoxy groups -OCH3 is 2. The number of benzene rings is 1. The molecule has 1 aromatic carbocycles. The number of hydrogen-bond donors (Lipinski definition) is 0. The number of aromatic nitrogens is 2. The number of rotatable bonds is 7. The van der Waals surface area contributed by atoms with Crippen LogP contribution < -0.4 is 9.47 Å². The van der Waals surface area contributed by atoms with Gasteiger partial charge in [0, 0.05) is 42.7 Å². The fraction of sp³-hybridized carbons (Fsp3) is 0.333. The zero-order valence-electron chi connectivity index (χ0n) is 17.5. The first-order valence-corrected chi connectivity index (χ1v) is 10.2. The molecule has 0 saturated carbocycles. The van der Waals surface area contributed by atoms with Crippen LogP contribution in [0.2, 0.25) is 0 Å². The molecule has 0 unspecified atom stereocenters. The largest absolute Gasteiger partial charge is 0.493 e. The number of pyridine rings is 1. The van der Waals surface area contributed by atoms with Crippen molar-refractivity contribution in [3.8, 4) is 17.2 Å². The number of piperidine rings is 1. The Kier molecular flexibility index (Phi) is 6.14. The van der Waals surface area contributed by atoms with Gasteiger partial charge in [-0.05, 0) is 61.9 Å². The van der Waals surface area contributed by atoms with Gasteiger partial charge in [-0.1, -0.05) is 0 Å². The van der Waals surface area contributed by atoms with Gasteiger partial charge in [-0.15, -0.1) is 0 Å².